The van der Waals surface area contributed by atoms with Gasteiger partial charge in [0.2, 0.25) is 0 Å². The van der Waals surface area contributed by atoms with Crippen molar-refractivity contribution in [3.8, 4) is 5.69 Å². The molecule has 1 fully saturated rings. The minimum atomic E-state index is -0.281. The first-order valence-corrected chi connectivity index (χ1v) is 10.4. The fourth-order valence-electron chi connectivity index (χ4n) is 3.50. The first-order valence-electron chi connectivity index (χ1n) is 10.4. The number of rotatable bonds is 5. The van der Waals surface area contributed by atoms with Crippen LogP contribution in [-0.4, -0.2) is 69.3 Å². The van der Waals surface area contributed by atoms with Gasteiger partial charge in [-0.25, -0.2) is 14.5 Å². The first kappa shape index (κ1) is 20.7. The predicted octanol–water partition coefficient (Wildman–Crippen LogP) is 1.83. The lowest BCUT2D eigenvalue weighted by Crippen LogP contribution is -2.30. The molecular formula is C21H27N9O. The SMILES string of the molecule is Cc1ccc(-n2cnnn2)cc1NC(=O)NCc1ccc(N2CCCN(C)CC2)nc1. The molecule has 162 valence electrons. The molecule has 31 heavy (non-hydrogen) atoms. The van der Waals surface area contributed by atoms with Crippen LogP contribution in [0.1, 0.15) is 17.5 Å². The second kappa shape index (κ2) is 9.52. The molecule has 0 aliphatic carbocycles. The number of nitrogens with zero attached hydrogens (tertiary/aromatic N) is 7. The maximum atomic E-state index is 12.4. The molecule has 3 aromatic rings. The number of amides is 2. The third-order valence-corrected chi connectivity index (χ3v) is 5.39. The van der Waals surface area contributed by atoms with Crippen molar-refractivity contribution in [3.05, 3.63) is 54.0 Å². The molecule has 0 bridgehead atoms. The van der Waals surface area contributed by atoms with E-state index < -0.39 is 0 Å². The maximum absolute atomic E-state index is 12.4. The molecule has 1 saturated heterocycles. The van der Waals surface area contributed by atoms with Crippen molar-refractivity contribution < 1.29 is 4.79 Å². The summed E-state index contributed by atoms with van der Waals surface area (Å²) in [5.41, 5.74) is 3.36. The van der Waals surface area contributed by atoms with Crippen molar-refractivity contribution in [1.82, 2.24) is 35.4 Å². The molecule has 0 radical (unpaired) electrons. The number of anilines is 2. The molecular weight excluding hydrogens is 394 g/mol. The van der Waals surface area contributed by atoms with Crippen LogP contribution in [0, 0.1) is 6.92 Å². The molecule has 3 heterocycles. The Morgan fingerprint density at radius 2 is 2.03 bits per heavy atom. The van der Waals surface area contributed by atoms with E-state index in [2.05, 4.69) is 48.0 Å². The van der Waals surface area contributed by atoms with E-state index >= 15 is 0 Å². The van der Waals surface area contributed by atoms with E-state index in [1.165, 1.54) is 11.0 Å². The Hall–Kier alpha value is -3.53. The van der Waals surface area contributed by atoms with Crippen molar-refractivity contribution in [2.45, 2.75) is 19.9 Å². The highest BCUT2D eigenvalue weighted by Gasteiger charge is 2.13. The van der Waals surface area contributed by atoms with Gasteiger partial charge in [-0.2, -0.15) is 0 Å². The Morgan fingerprint density at radius 1 is 1.13 bits per heavy atom. The molecule has 10 nitrogen and oxygen atoms in total. The maximum Gasteiger partial charge on any atom is 0.319 e. The van der Waals surface area contributed by atoms with Crippen molar-refractivity contribution in [2.75, 3.05) is 43.4 Å². The Kier molecular flexibility index (Phi) is 6.37. The zero-order chi connectivity index (χ0) is 21.6. The van der Waals surface area contributed by atoms with E-state index in [-0.39, 0.29) is 6.03 Å². The molecule has 1 aliphatic heterocycles. The van der Waals surface area contributed by atoms with E-state index in [0.717, 1.165) is 55.2 Å². The molecule has 0 unspecified atom stereocenters. The average molecular weight is 422 g/mol. The van der Waals surface area contributed by atoms with Gasteiger partial charge in [-0.3, -0.25) is 0 Å². The highest BCUT2D eigenvalue weighted by Crippen LogP contribution is 2.19. The number of hydrogen-bond donors (Lipinski definition) is 2. The molecule has 10 heteroatoms. The van der Waals surface area contributed by atoms with Gasteiger partial charge in [0.15, 0.2) is 0 Å². The number of nitrogens with one attached hydrogen (secondary N) is 2. The van der Waals surface area contributed by atoms with Gasteiger partial charge in [-0.1, -0.05) is 12.1 Å². The van der Waals surface area contributed by atoms with Gasteiger partial charge in [0.05, 0.1) is 5.69 Å². The Balaban J connectivity index is 1.32. The molecule has 4 rings (SSSR count). The summed E-state index contributed by atoms with van der Waals surface area (Å²) in [4.78, 5) is 21.7. The van der Waals surface area contributed by atoms with Gasteiger partial charge in [-0.15, -0.1) is 5.10 Å². The van der Waals surface area contributed by atoms with Gasteiger partial charge < -0.3 is 20.4 Å². The molecule has 2 N–H and O–H groups in total. The highest BCUT2D eigenvalue weighted by molar-refractivity contribution is 5.90. The van der Waals surface area contributed by atoms with Crippen LogP contribution >= 0.6 is 0 Å². The third-order valence-electron chi connectivity index (χ3n) is 5.39. The van der Waals surface area contributed by atoms with Gasteiger partial charge >= 0.3 is 6.03 Å². The van der Waals surface area contributed by atoms with Crippen molar-refractivity contribution in [3.63, 3.8) is 0 Å². The van der Waals surface area contributed by atoms with E-state index in [1.54, 1.807) is 0 Å². The molecule has 0 saturated carbocycles. The standard InChI is InChI=1S/C21H27N9O/c1-16-4-6-18(30-15-24-26-27-30)12-19(16)25-21(31)23-14-17-5-7-20(22-13-17)29-9-3-8-28(2)10-11-29/h4-7,12-13,15H,3,8-11,14H2,1-2H3,(H2,23,25,31). The summed E-state index contributed by atoms with van der Waals surface area (Å²) < 4.78 is 1.54. The average Bonchev–Trinajstić information content (AvgIpc) is 3.23. The number of carbonyl (C=O) groups is 1. The summed E-state index contributed by atoms with van der Waals surface area (Å²) in [5.74, 6) is 0.985. The number of aryl methyl sites for hydroxylation is 1. The Morgan fingerprint density at radius 3 is 2.81 bits per heavy atom. The number of urea groups is 1. The Labute approximate surface area is 181 Å². The summed E-state index contributed by atoms with van der Waals surface area (Å²) in [6, 6.07) is 9.40. The van der Waals surface area contributed by atoms with Crippen LogP contribution in [0.4, 0.5) is 16.3 Å². The van der Waals surface area contributed by atoms with Gasteiger partial charge in [0.25, 0.3) is 0 Å². The quantitative estimate of drug-likeness (QED) is 0.648. The van der Waals surface area contributed by atoms with Crippen molar-refractivity contribution in [1.29, 1.82) is 0 Å². The monoisotopic (exact) mass is 421 g/mol. The van der Waals surface area contributed by atoms with Gasteiger partial charge in [0, 0.05) is 38.1 Å². The zero-order valence-corrected chi connectivity index (χ0v) is 17.8. The number of hydrogen-bond acceptors (Lipinski definition) is 7. The summed E-state index contributed by atoms with van der Waals surface area (Å²) in [6.45, 7) is 6.48. The van der Waals surface area contributed by atoms with Crippen LogP contribution in [0.3, 0.4) is 0 Å². The first-order chi connectivity index (χ1) is 15.1. The molecule has 0 spiro atoms. The number of likely N-dealkylation sites (N-methyl/N-ethyl adjacent to an activating group) is 1. The smallest absolute Gasteiger partial charge is 0.319 e. The largest absolute Gasteiger partial charge is 0.355 e. The Bertz CT molecular complexity index is 1000. The topological polar surface area (TPSA) is 104 Å². The van der Waals surface area contributed by atoms with E-state index in [0.29, 0.717) is 12.2 Å². The fourth-order valence-corrected chi connectivity index (χ4v) is 3.50. The van der Waals surface area contributed by atoms with Crippen LogP contribution in [0.25, 0.3) is 5.69 Å². The summed E-state index contributed by atoms with van der Waals surface area (Å²) in [5, 5.41) is 16.9. The van der Waals surface area contributed by atoms with Crippen LogP contribution < -0.4 is 15.5 Å². The van der Waals surface area contributed by atoms with Crippen molar-refractivity contribution >= 4 is 17.5 Å². The lowest BCUT2D eigenvalue weighted by molar-refractivity contribution is 0.251. The summed E-state index contributed by atoms with van der Waals surface area (Å²) in [6.07, 6.45) is 4.47. The lowest BCUT2D eigenvalue weighted by atomic mass is 10.2. The van der Waals surface area contributed by atoms with E-state index in [4.69, 9.17) is 0 Å². The number of carbonyl (C=O) groups excluding carboxylic acids is 1. The molecule has 1 aliphatic rings. The molecule has 2 aromatic heterocycles. The van der Waals surface area contributed by atoms with Crippen LogP contribution in [0.15, 0.2) is 42.9 Å². The van der Waals surface area contributed by atoms with E-state index in [9.17, 15) is 4.79 Å². The lowest BCUT2D eigenvalue weighted by Gasteiger charge is -2.21. The third kappa shape index (κ3) is 5.34. The number of pyridine rings is 1. The normalized spacial score (nSPS) is 14.8. The minimum absolute atomic E-state index is 0.281. The fraction of sp³-hybridized carbons (Fsp3) is 0.381. The summed E-state index contributed by atoms with van der Waals surface area (Å²) >= 11 is 0. The van der Waals surface area contributed by atoms with Crippen molar-refractivity contribution in [2.24, 2.45) is 0 Å². The second-order valence-electron chi connectivity index (χ2n) is 7.73. The zero-order valence-electron chi connectivity index (χ0n) is 17.8. The molecule has 0 atom stereocenters. The number of benzene rings is 1. The van der Waals surface area contributed by atoms with Gasteiger partial charge in [0.1, 0.15) is 12.1 Å². The molecule has 1 aromatic carbocycles. The van der Waals surface area contributed by atoms with Crippen LogP contribution in [0.5, 0.6) is 0 Å². The molecule has 2 amide bonds. The van der Waals surface area contributed by atoms with Crippen LogP contribution in [-0.2, 0) is 6.54 Å². The summed E-state index contributed by atoms with van der Waals surface area (Å²) in [7, 11) is 2.15. The van der Waals surface area contributed by atoms with E-state index in [1.807, 2.05) is 43.5 Å². The van der Waals surface area contributed by atoms with Crippen LogP contribution in [0.2, 0.25) is 0 Å². The number of tetrazole rings is 1. The number of aromatic nitrogens is 5. The minimum Gasteiger partial charge on any atom is -0.355 e. The van der Waals surface area contributed by atoms with Gasteiger partial charge in [-0.05, 0) is 66.7 Å². The second-order valence-corrected chi connectivity index (χ2v) is 7.73. The highest BCUT2D eigenvalue weighted by atomic mass is 16.2. The predicted molar refractivity (Wildman–Crippen MR) is 118 cm³/mol.